The number of carbonyl (C=O) groups excluding carboxylic acids is 2. The molecule has 1 aromatic rings. The van der Waals surface area contributed by atoms with Gasteiger partial charge < -0.3 is 19.7 Å². The number of aryl methyl sites for hydroxylation is 1. The van der Waals surface area contributed by atoms with Crippen molar-refractivity contribution >= 4 is 29.2 Å². The SMILES string of the molecule is C/C(=C\c1csc(C)n1)C1CC2OC2(C)CCC[C@H](C)[C@H](O)[C@@H](C)C(=O)C(C)(C)[C@@H](O)CC(=O)O1. The zero-order chi connectivity index (χ0) is 26.1. The van der Waals surface area contributed by atoms with E-state index in [2.05, 4.69) is 11.9 Å². The van der Waals surface area contributed by atoms with Gasteiger partial charge in [-0.2, -0.15) is 0 Å². The van der Waals surface area contributed by atoms with E-state index in [0.29, 0.717) is 6.42 Å². The van der Waals surface area contributed by atoms with Gasteiger partial charge in [0.25, 0.3) is 0 Å². The lowest BCUT2D eigenvalue weighted by Gasteiger charge is -2.34. The van der Waals surface area contributed by atoms with Crippen molar-refractivity contribution < 1.29 is 29.3 Å². The summed E-state index contributed by atoms with van der Waals surface area (Å²) in [6.45, 7) is 12.8. The van der Waals surface area contributed by atoms with Crippen molar-refractivity contribution in [1.29, 1.82) is 0 Å². The standard InChI is InChI=1S/C27H41NO6S/c1-15-9-8-10-27(7)22(34-27)12-20(16(2)11-19-14-35-18(4)28-19)33-23(30)13-21(29)26(5,6)25(32)17(3)24(15)31/h11,14-15,17,20-22,24,29,31H,8-10,12-13H2,1-7H3/b16-11+/t15-,17+,20?,21-,22?,24-,27?/m0/s1. The number of fused-ring (bicyclic) bond motifs is 1. The highest BCUT2D eigenvalue weighted by atomic mass is 32.1. The van der Waals surface area contributed by atoms with Crippen LogP contribution in [0.1, 0.15) is 84.3 Å². The Hall–Kier alpha value is -1.61. The van der Waals surface area contributed by atoms with Crippen LogP contribution in [0.15, 0.2) is 11.0 Å². The maximum atomic E-state index is 13.2. The Labute approximate surface area is 212 Å². The highest BCUT2D eigenvalue weighted by Crippen LogP contribution is 2.45. The number of rotatable bonds is 2. The van der Waals surface area contributed by atoms with E-state index >= 15 is 0 Å². The molecule has 8 heteroatoms. The number of esters is 1. The number of ketones is 1. The number of hydrogen-bond donors (Lipinski definition) is 2. The molecule has 0 aliphatic carbocycles. The van der Waals surface area contributed by atoms with Crippen LogP contribution in [0, 0.1) is 24.2 Å². The Kier molecular flexibility index (Phi) is 8.62. The zero-order valence-corrected chi connectivity index (χ0v) is 22.9. The molecule has 3 unspecified atom stereocenters. The van der Waals surface area contributed by atoms with E-state index in [0.717, 1.165) is 35.5 Å². The van der Waals surface area contributed by atoms with Crippen LogP contribution < -0.4 is 0 Å². The highest BCUT2D eigenvalue weighted by Gasteiger charge is 2.53. The van der Waals surface area contributed by atoms with Crippen molar-refractivity contribution in [2.75, 3.05) is 0 Å². The molecule has 3 heterocycles. The van der Waals surface area contributed by atoms with Crippen LogP contribution in [0.25, 0.3) is 6.08 Å². The number of cyclic esters (lactones) is 1. The largest absolute Gasteiger partial charge is 0.458 e. The minimum atomic E-state index is -1.23. The van der Waals surface area contributed by atoms with E-state index in [1.165, 1.54) is 0 Å². The molecule has 0 radical (unpaired) electrons. The number of aliphatic hydroxyl groups excluding tert-OH is 2. The lowest BCUT2D eigenvalue weighted by Crippen LogP contribution is -2.45. The summed E-state index contributed by atoms with van der Waals surface area (Å²) < 4.78 is 11.9. The zero-order valence-electron chi connectivity index (χ0n) is 22.0. The number of epoxide rings is 1. The average molecular weight is 508 g/mol. The third-order valence-electron chi connectivity index (χ3n) is 7.93. The van der Waals surface area contributed by atoms with Gasteiger partial charge in [0, 0.05) is 17.7 Å². The quantitative estimate of drug-likeness (QED) is 0.449. The van der Waals surface area contributed by atoms with Crippen molar-refractivity contribution in [2.24, 2.45) is 17.3 Å². The molecule has 2 fully saturated rings. The molecule has 0 bridgehead atoms. The fraction of sp³-hybridized carbons (Fsp3) is 0.741. The molecule has 0 saturated carbocycles. The lowest BCUT2D eigenvalue weighted by molar-refractivity contribution is -0.154. The summed E-state index contributed by atoms with van der Waals surface area (Å²) in [5.74, 6) is -1.55. The molecule has 0 amide bonds. The number of aliphatic hydroxyl groups is 2. The van der Waals surface area contributed by atoms with Gasteiger partial charge >= 0.3 is 5.97 Å². The van der Waals surface area contributed by atoms with Crippen LogP contribution in [0.4, 0.5) is 0 Å². The molecule has 2 N–H and O–H groups in total. The first kappa shape index (κ1) is 28.0. The van der Waals surface area contributed by atoms with Gasteiger partial charge in [-0.3, -0.25) is 9.59 Å². The Morgan fingerprint density at radius 1 is 1.23 bits per heavy atom. The molecule has 2 saturated heterocycles. The first-order valence-corrected chi connectivity index (χ1v) is 13.5. The topological polar surface area (TPSA) is 109 Å². The second-order valence-corrected chi connectivity index (χ2v) is 12.3. The molecule has 7 nitrogen and oxygen atoms in total. The predicted octanol–water partition coefficient (Wildman–Crippen LogP) is 4.48. The monoisotopic (exact) mass is 507 g/mol. The van der Waals surface area contributed by atoms with E-state index < -0.39 is 35.6 Å². The number of aromatic nitrogens is 1. The van der Waals surface area contributed by atoms with Gasteiger partial charge in [0.1, 0.15) is 11.9 Å². The van der Waals surface area contributed by atoms with Crippen LogP contribution in [-0.4, -0.2) is 57.0 Å². The van der Waals surface area contributed by atoms with E-state index in [1.807, 2.05) is 32.2 Å². The molecule has 2 aliphatic heterocycles. The van der Waals surface area contributed by atoms with Crippen molar-refractivity contribution in [3.05, 3.63) is 21.7 Å². The Morgan fingerprint density at radius 3 is 2.54 bits per heavy atom. The summed E-state index contributed by atoms with van der Waals surface area (Å²) in [4.78, 5) is 30.6. The Bertz CT molecular complexity index is 955. The predicted molar refractivity (Wildman–Crippen MR) is 136 cm³/mol. The van der Waals surface area contributed by atoms with Gasteiger partial charge in [0.15, 0.2) is 0 Å². The summed E-state index contributed by atoms with van der Waals surface area (Å²) in [7, 11) is 0. The third-order valence-corrected chi connectivity index (χ3v) is 8.72. The van der Waals surface area contributed by atoms with Crippen LogP contribution in [0.3, 0.4) is 0 Å². The van der Waals surface area contributed by atoms with Gasteiger partial charge in [-0.05, 0) is 51.2 Å². The number of ether oxygens (including phenoxy) is 2. The Balaban J connectivity index is 1.85. The normalized spacial score (nSPS) is 37.5. The van der Waals surface area contributed by atoms with Crippen molar-refractivity contribution in [3.8, 4) is 0 Å². The summed E-state index contributed by atoms with van der Waals surface area (Å²) in [5.41, 5.74) is 0.179. The molecule has 2 aliphatic rings. The number of carbonyl (C=O) groups is 2. The summed E-state index contributed by atoms with van der Waals surface area (Å²) in [5, 5.41) is 24.6. The van der Waals surface area contributed by atoms with Gasteiger partial charge in [0.05, 0.1) is 46.5 Å². The first-order chi connectivity index (χ1) is 16.2. The molecule has 35 heavy (non-hydrogen) atoms. The average Bonchev–Trinajstić information content (AvgIpc) is 3.22. The van der Waals surface area contributed by atoms with Crippen molar-refractivity contribution in [2.45, 2.75) is 111 Å². The fourth-order valence-corrected chi connectivity index (χ4v) is 5.64. The fourth-order valence-electron chi connectivity index (χ4n) is 5.07. The van der Waals surface area contributed by atoms with Crippen LogP contribution in [0.2, 0.25) is 0 Å². The smallest absolute Gasteiger partial charge is 0.309 e. The number of hydrogen-bond acceptors (Lipinski definition) is 8. The van der Waals surface area contributed by atoms with Gasteiger partial charge in [-0.15, -0.1) is 11.3 Å². The highest BCUT2D eigenvalue weighted by molar-refractivity contribution is 7.09. The van der Waals surface area contributed by atoms with Crippen LogP contribution in [0.5, 0.6) is 0 Å². The van der Waals surface area contributed by atoms with E-state index in [1.54, 1.807) is 32.1 Å². The molecule has 0 aromatic carbocycles. The maximum Gasteiger partial charge on any atom is 0.309 e. The molecule has 7 atom stereocenters. The third kappa shape index (κ3) is 6.59. The number of thiazole rings is 1. The van der Waals surface area contributed by atoms with Crippen molar-refractivity contribution in [3.63, 3.8) is 0 Å². The summed E-state index contributed by atoms with van der Waals surface area (Å²) >= 11 is 1.56. The molecule has 196 valence electrons. The molecule has 3 rings (SSSR count). The van der Waals surface area contributed by atoms with E-state index in [4.69, 9.17) is 9.47 Å². The second-order valence-electron chi connectivity index (χ2n) is 11.3. The van der Waals surface area contributed by atoms with Gasteiger partial charge in [0.2, 0.25) is 0 Å². The second kappa shape index (κ2) is 10.8. The molecular formula is C27H41NO6S. The first-order valence-electron chi connectivity index (χ1n) is 12.6. The summed E-state index contributed by atoms with van der Waals surface area (Å²) in [6.07, 6.45) is 1.98. The maximum absolute atomic E-state index is 13.2. The lowest BCUT2D eigenvalue weighted by atomic mass is 9.73. The van der Waals surface area contributed by atoms with Crippen LogP contribution in [-0.2, 0) is 19.1 Å². The molecule has 1 aromatic heterocycles. The molecule has 0 spiro atoms. The Morgan fingerprint density at radius 2 is 1.91 bits per heavy atom. The number of nitrogens with zero attached hydrogens (tertiary/aromatic N) is 1. The minimum absolute atomic E-state index is 0.0455. The van der Waals surface area contributed by atoms with Crippen molar-refractivity contribution in [1.82, 2.24) is 4.98 Å². The number of Topliss-reactive ketones (excluding diaryl/α,β-unsaturated/α-hetero) is 1. The summed E-state index contributed by atoms with van der Waals surface area (Å²) in [6, 6.07) is 0. The molecular weight excluding hydrogens is 466 g/mol. The van der Waals surface area contributed by atoms with Gasteiger partial charge in [-0.1, -0.05) is 34.1 Å². The minimum Gasteiger partial charge on any atom is -0.458 e. The van der Waals surface area contributed by atoms with Crippen LogP contribution >= 0.6 is 11.3 Å². The van der Waals surface area contributed by atoms with E-state index in [-0.39, 0.29) is 29.8 Å². The van der Waals surface area contributed by atoms with Gasteiger partial charge in [-0.25, -0.2) is 4.98 Å². The van der Waals surface area contributed by atoms with E-state index in [9.17, 15) is 19.8 Å².